The highest BCUT2D eigenvalue weighted by molar-refractivity contribution is 6.30. The lowest BCUT2D eigenvalue weighted by molar-refractivity contribution is 0.647. The third-order valence-corrected chi connectivity index (χ3v) is 3.07. The Bertz CT molecular complexity index is 316. The second-order valence-corrected chi connectivity index (χ2v) is 4.33. The zero-order valence-corrected chi connectivity index (χ0v) is 9.27. The Morgan fingerprint density at radius 2 is 2.29 bits per heavy atom. The smallest absolute Gasteiger partial charge is 0.0412 e. The minimum absolute atomic E-state index is 0.527. The molecule has 1 heterocycles. The SMILES string of the molecule is CCc1cc(Cl)cc(C2CCCN2)c1. The Morgan fingerprint density at radius 1 is 1.43 bits per heavy atom. The minimum atomic E-state index is 0.527. The average Bonchev–Trinajstić information content (AvgIpc) is 2.69. The van der Waals surface area contributed by atoms with E-state index in [-0.39, 0.29) is 0 Å². The molecule has 1 aromatic rings. The molecule has 1 nitrogen and oxygen atoms in total. The molecule has 0 radical (unpaired) electrons. The summed E-state index contributed by atoms with van der Waals surface area (Å²) in [5.41, 5.74) is 2.69. The first-order valence-electron chi connectivity index (χ1n) is 5.32. The van der Waals surface area contributed by atoms with Crippen molar-refractivity contribution < 1.29 is 0 Å². The van der Waals surface area contributed by atoms with Gasteiger partial charge in [0.2, 0.25) is 0 Å². The maximum absolute atomic E-state index is 6.08. The fraction of sp³-hybridized carbons (Fsp3) is 0.500. The van der Waals surface area contributed by atoms with E-state index in [1.54, 1.807) is 0 Å². The number of nitrogens with one attached hydrogen (secondary N) is 1. The number of benzene rings is 1. The van der Waals surface area contributed by atoms with Gasteiger partial charge in [-0.1, -0.05) is 24.6 Å². The topological polar surface area (TPSA) is 12.0 Å². The van der Waals surface area contributed by atoms with Crippen molar-refractivity contribution in [2.45, 2.75) is 32.2 Å². The van der Waals surface area contributed by atoms with Crippen molar-refractivity contribution in [3.8, 4) is 0 Å². The quantitative estimate of drug-likeness (QED) is 0.788. The van der Waals surface area contributed by atoms with Crippen molar-refractivity contribution in [2.24, 2.45) is 0 Å². The van der Waals surface area contributed by atoms with Gasteiger partial charge in [0, 0.05) is 11.1 Å². The van der Waals surface area contributed by atoms with Gasteiger partial charge in [0.05, 0.1) is 0 Å². The highest BCUT2D eigenvalue weighted by atomic mass is 35.5. The first-order chi connectivity index (χ1) is 6.79. The monoisotopic (exact) mass is 209 g/mol. The molecule has 0 bridgehead atoms. The molecule has 1 atom stereocenters. The average molecular weight is 210 g/mol. The van der Waals surface area contributed by atoms with Gasteiger partial charge in [-0.05, 0) is 49.1 Å². The molecule has 2 rings (SSSR count). The van der Waals surface area contributed by atoms with E-state index < -0.39 is 0 Å². The molecule has 1 N–H and O–H groups in total. The van der Waals surface area contributed by atoms with Crippen LogP contribution in [-0.2, 0) is 6.42 Å². The van der Waals surface area contributed by atoms with Crippen LogP contribution in [0.3, 0.4) is 0 Å². The first-order valence-corrected chi connectivity index (χ1v) is 5.70. The van der Waals surface area contributed by atoms with E-state index in [1.165, 1.54) is 24.0 Å². The lowest BCUT2D eigenvalue weighted by atomic mass is 10.0. The molecule has 1 unspecified atom stereocenters. The van der Waals surface area contributed by atoms with Crippen LogP contribution in [0.2, 0.25) is 5.02 Å². The molecule has 14 heavy (non-hydrogen) atoms. The highest BCUT2D eigenvalue weighted by Crippen LogP contribution is 2.26. The van der Waals surface area contributed by atoms with Crippen molar-refractivity contribution in [1.82, 2.24) is 5.32 Å². The zero-order valence-electron chi connectivity index (χ0n) is 8.52. The van der Waals surface area contributed by atoms with Gasteiger partial charge in [0.25, 0.3) is 0 Å². The van der Waals surface area contributed by atoms with Crippen molar-refractivity contribution in [2.75, 3.05) is 6.54 Å². The van der Waals surface area contributed by atoms with Crippen molar-refractivity contribution in [3.63, 3.8) is 0 Å². The van der Waals surface area contributed by atoms with Crippen molar-refractivity contribution in [3.05, 3.63) is 34.3 Å². The maximum Gasteiger partial charge on any atom is 0.0412 e. The number of rotatable bonds is 2. The first kappa shape index (κ1) is 10.0. The van der Waals surface area contributed by atoms with Gasteiger partial charge in [0.15, 0.2) is 0 Å². The largest absolute Gasteiger partial charge is 0.310 e. The van der Waals surface area contributed by atoms with Gasteiger partial charge in [-0.15, -0.1) is 0 Å². The third-order valence-electron chi connectivity index (χ3n) is 2.85. The van der Waals surface area contributed by atoms with E-state index in [9.17, 15) is 0 Å². The van der Waals surface area contributed by atoms with Crippen LogP contribution in [-0.4, -0.2) is 6.54 Å². The molecule has 0 spiro atoms. The Hall–Kier alpha value is -0.530. The molecule has 1 aliphatic rings. The number of hydrogen-bond acceptors (Lipinski definition) is 1. The van der Waals surface area contributed by atoms with Gasteiger partial charge in [-0.3, -0.25) is 0 Å². The van der Waals surface area contributed by atoms with Crippen molar-refractivity contribution in [1.29, 1.82) is 0 Å². The predicted octanol–water partition coefficient (Wildman–Crippen LogP) is 3.33. The number of halogens is 1. The van der Waals surface area contributed by atoms with E-state index in [0.717, 1.165) is 18.0 Å². The summed E-state index contributed by atoms with van der Waals surface area (Å²) in [5.74, 6) is 0. The van der Waals surface area contributed by atoms with Crippen LogP contribution < -0.4 is 5.32 Å². The number of aryl methyl sites for hydroxylation is 1. The van der Waals surface area contributed by atoms with Gasteiger partial charge < -0.3 is 5.32 Å². The van der Waals surface area contributed by atoms with Crippen molar-refractivity contribution >= 4 is 11.6 Å². The number of hydrogen-bond donors (Lipinski definition) is 1. The van der Waals surface area contributed by atoms with Gasteiger partial charge in [-0.2, -0.15) is 0 Å². The van der Waals surface area contributed by atoms with Gasteiger partial charge in [-0.25, -0.2) is 0 Å². The normalized spacial score (nSPS) is 21.4. The van der Waals surface area contributed by atoms with Crippen LogP contribution in [0, 0.1) is 0 Å². The summed E-state index contributed by atoms with van der Waals surface area (Å²) < 4.78 is 0. The second-order valence-electron chi connectivity index (χ2n) is 3.90. The standard InChI is InChI=1S/C12H16ClN/c1-2-9-6-10(8-11(13)7-9)12-4-3-5-14-12/h6-8,12,14H,2-5H2,1H3. The van der Waals surface area contributed by atoms with E-state index in [0.29, 0.717) is 6.04 Å². The molecule has 0 aliphatic carbocycles. The second kappa shape index (κ2) is 4.33. The van der Waals surface area contributed by atoms with Crippen LogP contribution in [0.1, 0.15) is 36.9 Å². The van der Waals surface area contributed by atoms with Crippen LogP contribution >= 0.6 is 11.6 Å². The van der Waals surface area contributed by atoms with Crippen LogP contribution in [0.25, 0.3) is 0 Å². The summed E-state index contributed by atoms with van der Waals surface area (Å²) >= 11 is 6.08. The minimum Gasteiger partial charge on any atom is -0.310 e. The fourth-order valence-corrected chi connectivity index (χ4v) is 2.32. The van der Waals surface area contributed by atoms with Crippen LogP contribution in [0.5, 0.6) is 0 Å². The van der Waals surface area contributed by atoms with Gasteiger partial charge in [0.1, 0.15) is 0 Å². The molecule has 2 heteroatoms. The van der Waals surface area contributed by atoms with E-state index in [2.05, 4.69) is 30.4 Å². The zero-order chi connectivity index (χ0) is 9.97. The highest BCUT2D eigenvalue weighted by Gasteiger charge is 2.16. The molecule has 1 saturated heterocycles. The lowest BCUT2D eigenvalue weighted by Gasteiger charge is -2.12. The molecule has 1 aromatic carbocycles. The summed E-state index contributed by atoms with van der Waals surface area (Å²) in [6.07, 6.45) is 3.57. The summed E-state index contributed by atoms with van der Waals surface area (Å²) in [4.78, 5) is 0. The predicted molar refractivity (Wildman–Crippen MR) is 60.8 cm³/mol. The molecular weight excluding hydrogens is 194 g/mol. The third kappa shape index (κ3) is 2.10. The van der Waals surface area contributed by atoms with Crippen LogP contribution in [0.15, 0.2) is 18.2 Å². The molecule has 0 amide bonds. The maximum atomic E-state index is 6.08. The summed E-state index contributed by atoms with van der Waals surface area (Å²) in [6.45, 7) is 3.30. The summed E-state index contributed by atoms with van der Waals surface area (Å²) in [5, 5.41) is 4.36. The fourth-order valence-electron chi connectivity index (χ4n) is 2.05. The molecule has 1 fully saturated rings. The summed E-state index contributed by atoms with van der Waals surface area (Å²) in [6, 6.07) is 6.94. The Morgan fingerprint density at radius 3 is 2.93 bits per heavy atom. The van der Waals surface area contributed by atoms with E-state index in [1.807, 2.05) is 0 Å². The molecule has 76 valence electrons. The lowest BCUT2D eigenvalue weighted by Crippen LogP contribution is -2.12. The molecule has 1 aliphatic heterocycles. The Kier molecular flexibility index (Phi) is 3.09. The molecule has 0 saturated carbocycles. The van der Waals surface area contributed by atoms with E-state index >= 15 is 0 Å². The molecular formula is C12H16ClN. The summed E-state index contributed by atoms with van der Waals surface area (Å²) in [7, 11) is 0. The molecule has 0 aromatic heterocycles. The van der Waals surface area contributed by atoms with E-state index in [4.69, 9.17) is 11.6 Å². The Labute approximate surface area is 90.5 Å². The van der Waals surface area contributed by atoms with Crippen LogP contribution in [0.4, 0.5) is 0 Å². The Balaban J connectivity index is 2.27. The van der Waals surface area contributed by atoms with Gasteiger partial charge >= 0.3 is 0 Å².